The Balaban J connectivity index is 2.13. The van der Waals surface area contributed by atoms with Crippen molar-refractivity contribution in [3.8, 4) is 0 Å². The molecule has 1 heteroatoms. The SMILES string of the molecule is CCCCCCCCCCCC[PH](c1c(C)cc(C)cc1C)(c1c(C)cc(C)cc1C)c1c(C)cc(C)cc1C. The zero-order valence-electron chi connectivity index (χ0n) is 27.7. The Morgan fingerprint density at radius 1 is 0.375 bits per heavy atom. The van der Waals surface area contributed by atoms with Gasteiger partial charge in [-0.2, -0.15) is 0 Å². The minimum atomic E-state index is -2.35. The average molecular weight is 559 g/mol. The molecule has 0 saturated carbocycles. The molecule has 3 rings (SSSR count). The summed E-state index contributed by atoms with van der Waals surface area (Å²) >= 11 is 0. The third-order valence-electron chi connectivity index (χ3n) is 9.22. The van der Waals surface area contributed by atoms with Gasteiger partial charge in [0.15, 0.2) is 0 Å². The normalized spacial score (nSPS) is 12.2. The molecule has 0 aliphatic carbocycles. The van der Waals surface area contributed by atoms with Crippen LogP contribution in [0.4, 0.5) is 0 Å². The fraction of sp³-hybridized carbons (Fsp3) is 0.538. The molecule has 0 bridgehead atoms. The molecule has 0 aliphatic rings. The summed E-state index contributed by atoms with van der Waals surface area (Å²) in [5.74, 6) is 0. The summed E-state index contributed by atoms with van der Waals surface area (Å²) in [5, 5.41) is 5.04. The number of rotatable bonds is 14. The number of unbranched alkanes of at least 4 members (excludes halogenated alkanes) is 9. The van der Waals surface area contributed by atoms with Crippen LogP contribution >= 0.6 is 7.26 Å². The van der Waals surface area contributed by atoms with E-state index in [1.54, 1.807) is 15.9 Å². The summed E-state index contributed by atoms with van der Waals surface area (Å²) in [5.41, 5.74) is 13.1. The predicted molar refractivity (Wildman–Crippen MR) is 186 cm³/mol. The first-order chi connectivity index (χ1) is 19.0. The van der Waals surface area contributed by atoms with Gasteiger partial charge in [-0.25, -0.2) is 0 Å². The van der Waals surface area contributed by atoms with Crippen molar-refractivity contribution in [1.29, 1.82) is 0 Å². The first-order valence-corrected chi connectivity index (χ1v) is 18.5. The van der Waals surface area contributed by atoms with E-state index in [9.17, 15) is 0 Å². The molecule has 0 aliphatic heterocycles. The van der Waals surface area contributed by atoms with Gasteiger partial charge in [-0.3, -0.25) is 0 Å². The predicted octanol–water partition coefficient (Wildman–Crippen LogP) is 10.4. The second-order valence-corrected chi connectivity index (χ2v) is 17.0. The third-order valence-corrected chi connectivity index (χ3v) is 15.2. The van der Waals surface area contributed by atoms with E-state index in [2.05, 4.69) is 106 Å². The molecule has 0 amide bonds. The Morgan fingerprint density at radius 3 is 0.900 bits per heavy atom. The summed E-state index contributed by atoms with van der Waals surface area (Å²) in [6.07, 6.45) is 15.2. The Labute approximate surface area is 248 Å². The van der Waals surface area contributed by atoms with Crippen LogP contribution in [0.5, 0.6) is 0 Å². The van der Waals surface area contributed by atoms with Crippen molar-refractivity contribution in [3.05, 3.63) is 86.5 Å². The fourth-order valence-corrected chi connectivity index (χ4v) is 14.9. The van der Waals surface area contributed by atoms with Gasteiger partial charge < -0.3 is 0 Å². The molecule has 0 saturated heterocycles. The van der Waals surface area contributed by atoms with Gasteiger partial charge in [0.2, 0.25) is 0 Å². The Kier molecular flexibility index (Phi) is 12.1. The van der Waals surface area contributed by atoms with Crippen molar-refractivity contribution in [3.63, 3.8) is 0 Å². The maximum absolute atomic E-state index is 2.46. The monoisotopic (exact) mass is 558 g/mol. The van der Waals surface area contributed by atoms with E-state index < -0.39 is 7.26 Å². The molecular weight excluding hydrogens is 499 g/mol. The summed E-state index contributed by atoms with van der Waals surface area (Å²) in [6, 6.07) is 14.8. The molecule has 0 heterocycles. The van der Waals surface area contributed by atoms with E-state index in [4.69, 9.17) is 0 Å². The molecule has 0 radical (unpaired) electrons. The van der Waals surface area contributed by atoms with Crippen molar-refractivity contribution in [2.45, 2.75) is 133 Å². The van der Waals surface area contributed by atoms with Crippen molar-refractivity contribution in [2.75, 3.05) is 6.16 Å². The van der Waals surface area contributed by atoms with Crippen molar-refractivity contribution >= 4 is 23.2 Å². The van der Waals surface area contributed by atoms with Crippen LogP contribution in [0.25, 0.3) is 0 Å². The van der Waals surface area contributed by atoms with Crippen molar-refractivity contribution in [2.24, 2.45) is 0 Å². The van der Waals surface area contributed by atoms with Crippen LogP contribution in [0.15, 0.2) is 36.4 Å². The first-order valence-electron chi connectivity index (χ1n) is 16.3. The van der Waals surface area contributed by atoms with Gasteiger partial charge in [0.1, 0.15) is 0 Å². The molecule has 3 aromatic rings. The van der Waals surface area contributed by atoms with Crippen molar-refractivity contribution in [1.82, 2.24) is 0 Å². The topological polar surface area (TPSA) is 0 Å². The van der Waals surface area contributed by atoms with E-state index in [0.29, 0.717) is 0 Å². The first kappa shape index (κ1) is 32.6. The Hall–Kier alpha value is -1.91. The van der Waals surface area contributed by atoms with E-state index >= 15 is 0 Å². The summed E-state index contributed by atoms with van der Waals surface area (Å²) in [4.78, 5) is 0. The minimum absolute atomic E-state index is 1.30. The van der Waals surface area contributed by atoms with Crippen LogP contribution in [-0.4, -0.2) is 6.16 Å². The molecule has 0 fully saturated rings. The van der Waals surface area contributed by atoms with Crippen LogP contribution < -0.4 is 15.9 Å². The van der Waals surface area contributed by atoms with Gasteiger partial charge in [0.25, 0.3) is 0 Å². The molecule has 0 N–H and O–H groups in total. The summed E-state index contributed by atoms with van der Waals surface area (Å²) in [7, 11) is -2.35. The Morgan fingerprint density at radius 2 is 0.625 bits per heavy atom. The molecule has 0 atom stereocenters. The second kappa shape index (κ2) is 14.8. The maximum atomic E-state index is 2.46. The van der Waals surface area contributed by atoms with Crippen molar-refractivity contribution < 1.29 is 0 Å². The Bertz CT molecular complexity index is 1070. The van der Waals surface area contributed by atoms with Crippen LogP contribution in [0.1, 0.15) is 121 Å². The molecule has 0 aromatic heterocycles. The third kappa shape index (κ3) is 7.48. The van der Waals surface area contributed by atoms with Crippen LogP contribution in [-0.2, 0) is 0 Å². The standard InChI is InChI=1S/C39H59P/c1-11-12-13-14-15-16-17-18-19-20-21-40(37-31(5)22-28(2)23-32(37)6,38-33(7)24-29(3)25-34(38)8)39-35(9)26-30(4)27-36(39)10/h22-27,40H,11-21H2,1-10H3. The molecule has 3 aromatic carbocycles. The molecule has 0 spiro atoms. The molecule has 0 nitrogen and oxygen atoms in total. The van der Waals surface area contributed by atoms with Crippen LogP contribution in [0.2, 0.25) is 0 Å². The van der Waals surface area contributed by atoms with Gasteiger partial charge >= 0.3 is 249 Å². The van der Waals surface area contributed by atoms with Gasteiger partial charge in [-0.05, 0) is 0 Å². The molecule has 40 heavy (non-hydrogen) atoms. The van der Waals surface area contributed by atoms with Crippen LogP contribution in [0.3, 0.4) is 0 Å². The summed E-state index contributed by atoms with van der Waals surface area (Å²) < 4.78 is 0. The van der Waals surface area contributed by atoms with E-state index in [1.807, 2.05) is 0 Å². The van der Waals surface area contributed by atoms with E-state index in [-0.39, 0.29) is 0 Å². The number of hydrogen-bond donors (Lipinski definition) is 0. The fourth-order valence-electron chi connectivity index (χ4n) is 8.19. The number of aryl methyl sites for hydroxylation is 9. The van der Waals surface area contributed by atoms with E-state index in [0.717, 1.165) is 0 Å². The van der Waals surface area contributed by atoms with Gasteiger partial charge in [0, 0.05) is 0 Å². The zero-order valence-corrected chi connectivity index (χ0v) is 28.7. The zero-order chi connectivity index (χ0) is 29.4. The summed E-state index contributed by atoms with van der Waals surface area (Å²) in [6.45, 7) is 23.5. The number of hydrogen-bond acceptors (Lipinski definition) is 0. The molecule has 220 valence electrons. The molecular formula is C39H59P. The average Bonchev–Trinajstić information content (AvgIpc) is 2.83. The number of benzene rings is 3. The quantitative estimate of drug-likeness (QED) is 0.136. The second-order valence-electron chi connectivity index (χ2n) is 13.2. The van der Waals surface area contributed by atoms with E-state index in [1.165, 1.54) is 120 Å². The van der Waals surface area contributed by atoms with Crippen LogP contribution in [0, 0.1) is 62.3 Å². The van der Waals surface area contributed by atoms with Gasteiger partial charge in [-0.1, -0.05) is 0 Å². The van der Waals surface area contributed by atoms with Gasteiger partial charge in [0.05, 0.1) is 0 Å². The molecule has 0 unspecified atom stereocenters. The van der Waals surface area contributed by atoms with Gasteiger partial charge in [-0.15, -0.1) is 0 Å².